The second-order valence-electron chi connectivity index (χ2n) is 6.51. The van der Waals surface area contributed by atoms with Crippen LogP contribution in [0.5, 0.6) is 0 Å². The molecule has 0 bridgehead atoms. The molecule has 3 aromatic carbocycles. The molecule has 0 aliphatic rings. The van der Waals surface area contributed by atoms with Crippen LogP contribution in [0.2, 0.25) is 0 Å². The van der Waals surface area contributed by atoms with Crippen molar-refractivity contribution < 1.29 is 0 Å². The molecule has 5 aromatic rings. The smallest absolute Gasteiger partial charge is 0.122 e. The summed E-state index contributed by atoms with van der Waals surface area (Å²) >= 11 is 3.69. The summed E-state index contributed by atoms with van der Waals surface area (Å²) in [5, 5.41) is 2.46. The Hall–Kier alpha value is -3.04. The highest BCUT2D eigenvalue weighted by Gasteiger charge is 2.11. The summed E-state index contributed by atoms with van der Waals surface area (Å²) in [6.07, 6.45) is 6.51. The Bertz CT molecular complexity index is 1210. The summed E-state index contributed by atoms with van der Waals surface area (Å²) in [4.78, 5) is 0. The number of para-hydroxylation sites is 2. The maximum atomic E-state index is 3.69. The second kappa shape index (κ2) is 6.60. The molecule has 2 heterocycles. The first kappa shape index (κ1) is 16.2. The molecule has 0 unspecified atom stereocenters. The lowest BCUT2D eigenvalue weighted by atomic mass is 10.2. The topological polar surface area (TPSA) is 9.86 Å². The Kier molecular flexibility index (Phi) is 3.95. The Morgan fingerprint density at radius 3 is 1.74 bits per heavy atom. The number of rotatable bonds is 3. The molecule has 0 radical (unpaired) electrons. The van der Waals surface area contributed by atoms with Gasteiger partial charge >= 0.3 is 0 Å². The SMILES string of the molecule is Brc1ccccc1C=C(n1ccc2ccccc21)n1ccc2ccccc21. The van der Waals surface area contributed by atoms with Crippen molar-refractivity contribution in [3.8, 4) is 0 Å². The van der Waals surface area contributed by atoms with Crippen LogP contribution >= 0.6 is 15.9 Å². The van der Waals surface area contributed by atoms with E-state index < -0.39 is 0 Å². The third kappa shape index (κ3) is 2.81. The van der Waals surface area contributed by atoms with Gasteiger partial charge in [-0.3, -0.25) is 0 Å². The summed E-state index contributed by atoms with van der Waals surface area (Å²) in [7, 11) is 0. The highest BCUT2D eigenvalue weighted by atomic mass is 79.9. The fraction of sp³-hybridized carbons (Fsp3) is 0. The second-order valence-corrected chi connectivity index (χ2v) is 7.37. The molecule has 3 heteroatoms. The van der Waals surface area contributed by atoms with Crippen LogP contribution in [0.3, 0.4) is 0 Å². The Labute approximate surface area is 166 Å². The maximum Gasteiger partial charge on any atom is 0.122 e. The van der Waals surface area contributed by atoms with Crippen LogP contribution in [0.4, 0.5) is 0 Å². The zero-order valence-electron chi connectivity index (χ0n) is 14.6. The van der Waals surface area contributed by atoms with Gasteiger partial charge in [0.05, 0.1) is 11.0 Å². The van der Waals surface area contributed by atoms with Gasteiger partial charge in [0.1, 0.15) is 5.82 Å². The average Bonchev–Trinajstić information content (AvgIpc) is 3.32. The molecular weight excluding hydrogens is 396 g/mol. The number of hydrogen-bond donors (Lipinski definition) is 0. The van der Waals surface area contributed by atoms with E-state index in [0.29, 0.717) is 0 Å². The molecule has 0 spiro atoms. The summed E-state index contributed by atoms with van der Waals surface area (Å²) < 4.78 is 5.58. The van der Waals surface area contributed by atoms with Crippen LogP contribution in [-0.2, 0) is 0 Å². The lowest BCUT2D eigenvalue weighted by molar-refractivity contribution is 0.815. The van der Waals surface area contributed by atoms with Crippen molar-refractivity contribution in [2.45, 2.75) is 0 Å². The Balaban J connectivity index is 1.82. The van der Waals surface area contributed by atoms with Crippen molar-refractivity contribution in [3.63, 3.8) is 0 Å². The number of nitrogens with zero attached hydrogens (tertiary/aromatic N) is 2. The van der Waals surface area contributed by atoms with Gasteiger partial charge in [0.25, 0.3) is 0 Å². The van der Waals surface area contributed by atoms with Crippen molar-refractivity contribution in [2.24, 2.45) is 0 Å². The molecule has 2 nitrogen and oxygen atoms in total. The van der Waals surface area contributed by atoms with Crippen molar-refractivity contribution in [3.05, 3.63) is 113 Å². The zero-order chi connectivity index (χ0) is 18.2. The van der Waals surface area contributed by atoms with E-state index >= 15 is 0 Å². The molecular formula is C24H17BrN2. The standard InChI is InChI=1S/C24H17BrN2/c25-21-10-4-1-9-20(21)17-24(26-15-13-18-7-2-5-11-22(18)26)27-16-14-19-8-3-6-12-23(19)27/h1-17H. The van der Waals surface area contributed by atoms with Gasteiger partial charge in [-0.2, -0.15) is 0 Å². The molecule has 0 amide bonds. The minimum atomic E-state index is 1.08. The van der Waals surface area contributed by atoms with Crippen LogP contribution < -0.4 is 0 Å². The highest BCUT2D eigenvalue weighted by Crippen LogP contribution is 2.26. The van der Waals surface area contributed by atoms with E-state index in [4.69, 9.17) is 0 Å². The van der Waals surface area contributed by atoms with E-state index in [1.54, 1.807) is 0 Å². The molecule has 0 N–H and O–H groups in total. The molecule has 27 heavy (non-hydrogen) atoms. The quantitative estimate of drug-likeness (QED) is 0.312. The molecule has 2 aromatic heterocycles. The van der Waals surface area contributed by atoms with Crippen LogP contribution in [0.25, 0.3) is 27.9 Å². The summed E-state index contributed by atoms with van der Waals surface area (Å²) in [6, 6.07) is 29.6. The van der Waals surface area contributed by atoms with Gasteiger partial charge in [0.15, 0.2) is 0 Å². The van der Waals surface area contributed by atoms with Crippen molar-refractivity contribution >= 4 is 43.8 Å². The average molecular weight is 413 g/mol. The van der Waals surface area contributed by atoms with Crippen LogP contribution in [-0.4, -0.2) is 9.13 Å². The first-order chi connectivity index (χ1) is 13.3. The van der Waals surface area contributed by atoms with E-state index in [0.717, 1.165) is 15.9 Å². The fourth-order valence-electron chi connectivity index (χ4n) is 3.55. The van der Waals surface area contributed by atoms with Gasteiger partial charge in [-0.15, -0.1) is 0 Å². The van der Waals surface area contributed by atoms with E-state index in [9.17, 15) is 0 Å². The van der Waals surface area contributed by atoms with Gasteiger partial charge in [0.2, 0.25) is 0 Å². The molecule has 0 saturated carbocycles. The van der Waals surface area contributed by atoms with E-state index in [2.05, 4.69) is 122 Å². The monoisotopic (exact) mass is 412 g/mol. The summed E-state index contributed by atoms with van der Waals surface area (Å²) in [6.45, 7) is 0. The third-order valence-corrected chi connectivity index (χ3v) is 5.60. The van der Waals surface area contributed by atoms with Gasteiger partial charge in [-0.25, -0.2) is 0 Å². The molecule has 0 atom stereocenters. The predicted octanol–water partition coefficient (Wildman–Crippen LogP) is 6.68. The maximum absolute atomic E-state index is 3.69. The Morgan fingerprint density at radius 2 is 1.15 bits per heavy atom. The van der Waals surface area contributed by atoms with E-state index in [1.165, 1.54) is 21.8 Å². The predicted molar refractivity (Wildman–Crippen MR) is 117 cm³/mol. The van der Waals surface area contributed by atoms with Gasteiger partial charge in [0, 0.05) is 16.9 Å². The Morgan fingerprint density at radius 1 is 0.630 bits per heavy atom. The number of fused-ring (bicyclic) bond motifs is 2. The third-order valence-electron chi connectivity index (χ3n) is 4.88. The van der Waals surface area contributed by atoms with E-state index in [-0.39, 0.29) is 0 Å². The number of hydrogen-bond acceptors (Lipinski definition) is 0. The van der Waals surface area contributed by atoms with Crippen molar-refractivity contribution in [1.29, 1.82) is 0 Å². The minimum Gasteiger partial charge on any atom is -0.302 e. The molecule has 130 valence electrons. The van der Waals surface area contributed by atoms with Crippen LogP contribution in [0.15, 0.2) is 102 Å². The molecule has 0 aliphatic carbocycles. The minimum absolute atomic E-state index is 1.08. The molecule has 0 saturated heterocycles. The van der Waals surface area contributed by atoms with E-state index in [1.807, 2.05) is 6.07 Å². The largest absolute Gasteiger partial charge is 0.302 e. The zero-order valence-corrected chi connectivity index (χ0v) is 16.2. The van der Waals surface area contributed by atoms with Crippen molar-refractivity contribution in [1.82, 2.24) is 9.13 Å². The lowest BCUT2D eigenvalue weighted by Gasteiger charge is -2.15. The molecule has 0 aliphatic heterocycles. The van der Waals surface area contributed by atoms with Gasteiger partial charge in [-0.05, 0) is 52.7 Å². The highest BCUT2D eigenvalue weighted by molar-refractivity contribution is 9.10. The van der Waals surface area contributed by atoms with Crippen LogP contribution in [0, 0.1) is 5.82 Å². The first-order valence-corrected chi connectivity index (χ1v) is 9.70. The molecule has 5 rings (SSSR count). The van der Waals surface area contributed by atoms with Gasteiger partial charge < -0.3 is 9.13 Å². The molecule has 0 fully saturated rings. The van der Waals surface area contributed by atoms with Gasteiger partial charge in [-0.1, -0.05) is 70.5 Å². The summed E-state index contributed by atoms with van der Waals surface area (Å²) in [5.41, 5.74) is 3.52. The van der Waals surface area contributed by atoms with Crippen molar-refractivity contribution in [2.75, 3.05) is 0 Å². The first-order valence-electron chi connectivity index (χ1n) is 8.90. The number of aromatic nitrogens is 2. The number of halogens is 1. The normalized spacial score (nSPS) is 11.1. The summed E-state index contributed by atoms with van der Waals surface area (Å²) in [5.74, 6) is 1.09. The lowest BCUT2D eigenvalue weighted by Crippen LogP contribution is -2.09. The number of benzene rings is 3. The fourth-order valence-corrected chi connectivity index (χ4v) is 3.95. The van der Waals surface area contributed by atoms with Crippen LogP contribution in [0.1, 0.15) is 5.56 Å².